The SMILES string of the molecule is C1=CC2=C(CC1)c1ccccc1C2(c1ccccc1)c1cc2oc3ccccc3c2cc1N(c1ccccc1)c1cccc2ccccc12. The fraction of sp³-hybridized carbons (Fsp3) is 0.0638. The monoisotopic (exact) mass is 627 g/mol. The second-order valence-corrected chi connectivity index (χ2v) is 13.1. The third-order valence-electron chi connectivity index (χ3n) is 10.6. The Balaban J connectivity index is 1.41. The fourth-order valence-corrected chi connectivity index (χ4v) is 8.59. The van der Waals surface area contributed by atoms with Crippen molar-refractivity contribution in [2.75, 3.05) is 4.90 Å². The molecule has 0 bridgehead atoms. The van der Waals surface area contributed by atoms with Gasteiger partial charge in [-0.25, -0.2) is 0 Å². The van der Waals surface area contributed by atoms with Gasteiger partial charge in [0.25, 0.3) is 0 Å². The first-order valence-corrected chi connectivity index (χ1v) is 17.2. The van der Waals surface area contributed by atoms with Gasteiger partial charge in [-0.3, -0.25) is 0 Å². The Labute approximate surface area is 285 Å². The van der Waals surface area contributed by atoms with Gasteiger partial charge in [-0.2, -0.15) is 0 Å². The van der Waals surface area contributed by atoms with E-state index in [4.69, 9.17) is 4.42 Å². The molecule has 10 rings (SSSR count). The molecule has 0 radical (unpaired) electrons. The van der Waals surface area contributed by atoms with Crippen molar-refractivity contribution in [1.29, 1.82) is 0 Å². The number of anilines is 3. The van der Waals surface area contributed by atoms with Crippen LogP contribution in [0.4, 0.5) is 17.1 Å². The molecule has 1 aromatic heterocycles. The lowest BCUT2D eigenvalue weighted by Crippen LogP contribution is -2.31. The molecule has 1 atom stereocenters. The molecule has 0 saturated heterocycles. The van der Waals surface area contributed by atoms with Crippen LogP contribution in [0.3, 0.4) is 0 Å². The molecule has 49 heavy (non-hydrogen) atoms. The maximum absolute atomic E-state index is 6.72. The van der Waals surface area contributed by atoms with E-state index in [0.29, 0.717) is 0 Å². The van der Waals surface area contributed by atoms with Gasteiger partial charge in [-0.1, -0.05) is 140 Å². The van der Waals surface area contributed by atoms with Crippen LogP contribution in [0, 0.1) is 0 Å². The van der Waals surface area contributed by atoms with Gasteiger partial charge in [0, 0.05) is 21.8 Å². The first-order valence-electron chi connectivity index (χ1n) is 17.2. The first-order chi connectivity index (χ1) is 24.3. The summed E-state index contributed by atoms with van der Waals surface area (Å²) in [5, 5.41) is 4.64. The second-order valence-electron chi connectivity index (χ2n) is 13.1. The van der Waals surface area contributed by atoms with E-state index in [-0.39, 0.29) is 0 Å². The Morgan fingerprint density at radius 1 is 0.531 bits per heavy atom. The molecular formula is C47H33NO. The Hall–Kier alpha value is -6.12. The first kappa shape index (κ1) is 27.9. The number of fused-ring (bicyclic) bond motifs is 6. The highest BCUT2D eigenvalue weighted by Gasteiger charge is 2.49. The van der Waals surface area contributed by atoms with Gasteiger partial charge < -0.3 is 9.32 Å². The quantitative estimate of drug-likeness (QED) is 0.189. The van der Waals surface area contributed by atoms with Crippen molar-refractivity contribution < 1.29 is 4.42 Å². The van der Waals surface area contributed by atoms with Crippen LogP contribution in [0.25, 0.3) is 38.3 Å². The van der Waals surface area contributed by atoms with Crippen LogP contribution in [-0.4, -0.2) is 0 Å². The van der Waals surface area contributed by atoms with E-state index in [1.165, 1.54) is 44.2 Å². The van der Waals surface area contributed by atoms with Crippen LogP contribution in [0.2, 0.25) is 0 Å². The molecule has 8 aromatic rings. The van der Waals surface area contributed by atoms with Gasteiger partial charge >= 0.3 is 0 Å². The van der Waals surface area contributed by atoms with E-state index in [9.17, 15) is 0 Å². The third kappa shape index (κ3) is 4.07. The summed E-state index contributed by atoms with van der Waals surface area (Å²) in [7, 11) is 0. The predicted octanol–water partition coefficient (Wildman–Crippen LogP) is 12.7. The number of furan rings is 1. The molecular weight excluding hydrogens is 595 g/mol. The molecule has 0 aliphatic heterocycles. The zero-order chi connectivity index (χ0) is 32.4. The number of hydrogen-bond donors (Lipinski definition) is 0. The lowest BCUT2D eigenvalue weighted by Gasteiger charge is -2.39. The maximum Gasteiger partial charge on any atom is 0.135 e. The summed E-state index contributed by atoms with van der Waals surface area (Å²) in [5.74, 6) is 0. The Kier molecular flexibility index (Phi) is 6.25. The van der Waals surface area contributed by atoms with E-state index >= 15 is 0 Å². The number of rotatable bonds is 5. The molecule has 2 heteroatoms. The summed E-state index contributed by atoms with van der Waals surface area (Å²) in [6.45, 7) is 0. The highest BCUT2D eigenvalue weighted by Crippen LogP contribution is 2.60. The van der Waals surface area contributed by atoms with Gasteiger partial charge in [0.1, 0.15) is 11.2 Å². The fourth-order valence-electron chi connectivity index (χ4n) is 8.59. The number of benzene rings is 7. The average molecular weight is 628 g/mol. The number of allylic oxidation sites excluding steroid dienone is 4. The summed E-state index contributed by atoms with van der Waals surface area (Å²) in [5.41, 5.74) is 12.5. The minimum absolute atomic E-state index is 0.579. The van der Waals surface area contributed by atoms with E-state index < -0.39 is 5.41 Å². The van der Waals surface area contributed by atoms with Crippen molar-refractivity contribution in [2.24, 2.45) is 0 Å². The Morgan fingerprint density at radius 3 is 2.12 bits per heavy atom. The summed E-state index contributed by atoms with van der Waals surface area (Å²) in [6.07, 6.45) is 6.83. The van der Waals surface area contributed by atoms with Gasteiger partial charge in [-0.05, 0) is 88.0 Å². The van der Waals surface area contributed by atoms with Gasteiger partial charge in [-0.15, -0.1) is 0 Å². The second kappa shape index (κ2) is 11.0. The van der Waals surface area contributed by atoms with E-state index in [0.717, 1.165) is 51.8 Å². The third-order valence-corrected chi connectivity index (χ3v) is 10.6. The van der Waals surface area contributed by atoms with Crippen molar-refractivity contribution in [2.45, 2.75) is 18.3 Å². The molecule has 232 valence electrons. The zero-order valence-corrected chi connectivity index (χ0v) is 27.0. The largest absolute Gasteiger partial charge is 0.456 e. The molecule has 0 amide bonds. The van der Waals surface area contributed by atoms with Crippen LogP contribution in [0.15, 0.2) is 186 Å². The molecule has 1 heterocycles. The van der Waals surface area contributed by atoms with Gasteiger partial charge in [0.15, 0.2) is 0 Å². The lowest BCUT2D eigenvalue weighted by atomic mass is 9.65. The van der Waals surface area contributed by atoms with E-state index in [2.05, 4.69) is 181 Å². The molecule has 0 spiro atoms. The summed E-state index contributed by atoms with van der Waals surface area (Å²) >= 11 is 0. The summed E-state index contributed by atoms with van der Waals surface area (Å²) in [6, 6.07) is 59.6. The minimum atomic E-state index is -0.579. The molecule has 7 aromatic carbocycles. The number of hydrogen-bond acceptors (Lipinski definition) is 2. The van der Waals surface area contributed by atoms with Crippen molar-refractivity contribution in [3.8, 4) is 0 Å². The van der Waals surface area contributed by atoms with E-state index in [1.54, 1.807) is 0 Å². The normalized spacial score (nSPS) is 16.7. The standard InChI is InChI=1S/C47H33NO/c1-3-18-33(19-4-1)47(40-26-12-9-23-36(40)37-24-10-13-27-41(37)47)42-31-46-39(38-25-11-14-29-45(38)49-46)30-44(42)48(34-20-5-2-6-21-34)43-28-15-17-32-16-7-8-22-35(32)43/h1-9,11-23,25-31H,10,24H2. The highest BCUT2D eigenvalue weighted by molar-refractivity contribution is 6.09. The van der Waals surface area contributed by atoms with Crippen molar-refractivity contribution >= 4 is 55.3 Å². The molecule has 0 fully saturated rings. The smallest absolute Gasteiger partial charge is 0.135 e. The van der Waals surface area contributed by atoms with Crippen molar-refractivity contribution in [3.05, 3.63) is 204 Å². The Bertz CT molecular complexity index is 2600. The number of nitrogens with zero attached hydrogens (tertiary/aromatic N) is 1. The summed E-state index contributed by atoms with van der Waals surface area (Å²) < 4.78 is 6.72. The molecule has 1 unspecified atom stereocenters. The van der Waals surface area contributed by atoms with Crippen LogP contribution in [-0.2, 0) is 5.41 Å². The van der Waals surface area contributed by atoms with Crippen LogP contribution < -0.4 is 4.90 Å². The van der Waals surface area contributed by atoms with Crippen LogP contribution in [0.5, 0.6) is 0 Å². The summed E-state index contributed by atoms with van der Waals surface area (Å²) in [4.78, 5) is 2.48. The van der Waals surface area contributed by atoms with Crippen molar-refractivity contribution in [3.63, 3.8) is 0 Å². The van der Waals surface area contributed by atoms with E-state index in [1.807, 2.05) is 0 Å². The predicted molar refractivity (Wildman–Crippen MR) is 204 cm³/mol. The topological polar surface area (TPSA) is 16.4 Å². The molecule has 2 nitrogen and oxygen atoms in total. The zero-order valence-electron chi connectivity index (χ0n) is 27.0. The minimum Gasteiger partial charge on any atom is -0.456 e. The van der Waals surface area contributed by atoms with Crippen LogP contribution in [0.1, 0.15) is 35.1 Å². The maximum atomic E-state index is 6.72. The molecule has 2 aliphatic rings. The van der Waals surface area contributed by atoms with Crippen LogP contribution >= 0.6 is 0 Å². The molecule has 0 N–H and O–H groups in total. The van der Waals surface area contributed by atoms with Gasteiger partial charge in [0.2, 0.25) is 0 Å². The van der Waals surface area contributed by atoms with Gasteiger partial charge in [0.05, 0.1) is 16.8 Å². The Morgan fingerprint density at radius 2 is 1.24 bits per heavy atom. The molecule has 0 saturated carbocycles. The molecule has 2 aliphatic carbocycles. The van der Waals surface area contributed by atoms with Crippen molar-refractivity contribution in [1.82, 2.24) is 0 Å². The average Bonchev–Trinajstić information content (AvgIpc) is 3.69. The lowest BCUT2D eigenvalue weighted by molar-refractivity contribution is 0.665. The highest BCUT2D eigenvalue weighted by atomic mass is 16.3. The number of para-hydroxylation sites is 2.